The van der Waals surface area contributed by atoms with Crippen molar-refractivity contribution >= 4 is 17.8 Å². The first-order valence-electron chi connectivity index (χ1n) is 16.9. The molecule has 5 fully saturated rings. The van der Waals surface area contributed by atoms with Crippen molar-refractivity contribution in [2.24, 2.45) is 35.3 Å². The monoisotopic (exact) mass is 571 g/mol. The van der Waals surface area contributed by atoms with Gasteiger partial charge in [0.2, 0.25) is 5.91 Å². The van der Waals surface area contributed by atoms with Gasteiger partial charge in [-0.1, -0.05) is 32.1 Å². The number of carbonyl (C=O) groups excluding carboxylic acids is 2. The van der Waals surface area contributed by atoms with E-state index in [9.17, 15) is 9.59 Å². The predicted octanol–water partition coefficient (Wildman–Crippen LogP) is 5.73. The highest BCUT2D eigenvalue weighted by Crippen LogP contribution is 2.45. The van der Waals surface area contributed by atoms with Crippen LogP contribution in [-0.2, 0) is 9.53 Å². The molecule has 4 saturated carbocycles. The second kappa shape index (κ2) is 13.2. The summed E-state index contributed by atoms with van der Waals surface area (Å²) in [6.45, 7) is 6.63. The number of nitrogens with one attached hydrogen (secondary N) is 3. The van der Waals surface area contributed by atoms with Crippen LogP contribution < -0.4 is 16.4 Å². The Balaban J connectivity index is 1.16. The average Bonchev–Trinajstić information content (AvgIpc) is 3.29. The second-order valence-electron chi connectivity index (χ2n) is 15.3. The zero-order valence-corrected chi connectivity index (χ0v) is 26.0. The van der Waals surface area contributed by atoms with Crippen molar-refractivity contribution in [3.8, 4) is 0 Å². The Hall–Kier alpha value is -1.83. The summed E-state index contributed by atoms with van der Waals surface area (Å²) in [7, 11) is 0. The summed E-state index contributed by atoms with van der Waals surface area (Å²) in [5, 5.41) is 14.6. The molecule has 0 spiro atoms. The molecule has 8 nitrogen and oxygen atoms in total. The van der Waals surface area contributed by atoms with Gasteiger partial charge >= 0.3 is 6.09 Å². The number of rotatable bonds is 7. The van der Waals surface area contributed by atoms with Gasteiger partial charge in [0.15, 0.2) is 0 Å². The molecule has 0 radical (unpaired) electrons. The molecular weight excluding hydrogens is 514 g/mol. The van der Waals surface area contributed by atoms with Crippen LogP contribution in [0.2, 0.25) is 0 Å². The van der Waals surface area contributed by atoms with E-state index in [1.54, 1.807) is 0 Å². The molecule has 0 aromatic rings. The van der Waals surface area contributed by atoms with Crippen molar-refractivity contribution in [2.45, 2.75) is 153 Å². The lowest BCUT2D eigenvalue weighted by Crippen LogP contribution is -2.52. The fraction of sp³-hybridized carbons (Fsp3) is 0.909. The number of amides is 2. The lowest BCUT2D eigenvalue weighted by molar-refractivity contribution is -0.127. The highest BCUT2D eigenvalue weighted by atomic mass is 16.6. The SMILES string of the molecule is CC(C)(C)OC(=O)NC1CCC(NC(=O)C2CC3CCC(C(=N)N)CC3N2CCC2CCC3CCCCC3C2)CC1. The Morgan fingerprint density at radius 1 is 0.829 bits per heavy atom. The molecule has 2 amide bonds. The Morgan fingerprint density at radius 2 is 1.49 bits per heavy atom. The summed E-state index contributed by atoms with van der Waals surface area (Å²) in [5.41, 5.74) is 5.49. The fourth-order valence-corrected chi connectivity index (χ4v) is 9.12. The van der Waals surface area contributed by atoms with E-state index in [-0.39, 0.29) is 36.0 Å². The third kappa shape index (κ3) is 7.97. The molecular formula is C33H57N5O3. The van der Waals surface area contributed by atoms with E-state index >= 15 is 0 Å². The van der Waals surface area contributed by atoms with Gasteiger partial charge in [0.05, 0.1) is 11.9 Å². The number of alkyl carbamates (subject to hydrolysis) is 1. The van der Waals surface area contributed by atoms with Crippen LogP contribution in [0.5, 0.6) is 0 Å². The molecule has 7 unspecified atom stereocenters. The van der Waals surface area contributed by atoms with E-state index in [2.05, 4.69) is 15.5 Å². The van der Waals surface area contributed by atoms with Gasteiger partial charge in [-0.15, -0.1) is 0 Å². The number of carbonyl (C=O) groups is 2. The maximum absolute atomic E-state index is 13.8. The lowest BCUT2D eigenvalue weighted by atomic mass is 9.67. The van der Waals surface area contributed by atoms with Crippen molar-refractivity contribution in [3.63, 3.8) is 0 Å². The van der Waals surface area contributed by atoms with Crippen LogP contribution >= 0.6 is 0 Å². The molecule has 5 N–H and O–H groups in total. The van der Waals surface area contributed by atoms with E-state index in [0.29, 0.717) is 17.8 Å². The Bertz CT molecular complexity index is 926. The maximum atomic E-state index is 13.8. The van der Waals surface area contributed by atoms with Gasteiger partial charge in [-0.05, 0) is 122 Å². The van der Waals surface area contributed by atoms with Gasteiger partial charge < -0.3 is 21.1 Å². The number of likely N-dealkylation sites (tertiary alicyclic amines) is 1. The number of hydrogen-bond acceptors (Lipinski definition) is 5. The van der Waals surface area contributed by atoms with Crippen molar-refractivity contribution in [3.05, 3.63) is 0 Å². The third-order valence-electron chi connectivity index (χ3n) is 11.3. The number of fused-ring (bicyclic) bond motifs is 2. The first-order valence-corrected chi connectivity index (χ1v) is 16.9. The normalized spacial score (nSPS) is 37.9. The summed E-state index contributed by atoms with van der Waals surface area (Å²) in [4.78, 5) is 28.6. The molecule has 4 aliphatic carbocycles. The van der Waals surface area contributed by atoms with Crippen LogP contribution in [0.15, 0.2) is 0 Å². The van der Waals surface area contributed by atoms with Gasteiger partial charge in [-0.25, -0.2) is 4.79 Å². The molecule has 0 aromatic carbocycles. The van der Waals surface area contributed by atoms with Gasteiger partial charge in [0, 0.05) is 24.0 Å². The Kier molecular flexibility index (Phi) is 9.87. The largest absolute Gasteiger partial charge is 0.444 e. The van der Waals surface area contributed by atoms with Crippen molar-refractivity contribution in [1.29, 1.82) is 5.41 Å². The van der Waals surface area contributed by atoms with Gasteiger partial charge in [-0.3, -0.25) is 15.1 Å². The van der Waals surface area contributed by atoms with E-state index in [1.165, 1.54) is 51.4 Å². The predicted molar refractivity (Wildman–Crippen MR) is 163 cm³/mol. The first-order chi connectivity index (χ1) is 19.6. The standard InChI is InChI=1S/C33H57N5O3/c1-33(2,3)41-32(40)37-27-14-12-26(13-15-27)36-31(39)29-19-24-10-11-25(30(34)35)20-28(24)38(29)17-16-21-8-9-22-6-4-5-7-23(22)18-21/h21-29H,4-20H2,1-3H3,(H3,34,35)(H,36,39)(H,37,40). The van der Waals surface area contributed by atoms with E-state index in [4.69, 9.17) is 15.9 Å². The highest BCUT2D eigenvalue weighted by molar-refractivity contribution is 5.83. The van der Waals surface area contributed by atoms with Crippen LogP contribution in [-0.4, -0.2) is 59.0 Å². The molecule has 0 bridgehead atoms. The minimum atomic E-state index is -0.501. The summed E-state index contributed by atoms with van der Waals surface area (Å²) in [6, 6.07) is 0.564. The zero-order chi connectivity index (χ0) is 29.1. The summed E-state index contributed by atoms with van der Waals surface area (Å²) < 4.78 is 5.43. The molecule has 1 saturated heterocycles. The molecule has 0 aromatic heterocycles. The van der Waals surface area contributed by atoms with Crippen molar-refractivity contribution in [2.75, 3.05) is 6.54 Å². The maximum Gasteiger partial charge on any atom is 0.407 e. The molecule has 41 heavy (non-hydrogen) atoms. The van der Waals surface area contributed by atoms with E-state index in [0.717, 1.165) is 75.7 Å². The minimum absolute atomic E-state index is 0.0701. The highest BCUT2D eigenvalue weighted by Gasteiger charge is 2.47. The van der Waals surface area contributed by atoms with E-state index < -0.39 is 5.60 Å². The molecule has 8 heteroatoms. The second-order valence-corrected chi connectivity index (χ2v) is 15.3. The number of nitrogens with zero attached hydrogens (tertiary/aromatic N) is 1. The van der Waals surface area contributed by atoms with Gasteiger partial charge in [-0.2, -0.15) is 0 Å². The minimum Gasteiger partial charge on any atom is -0.444 e. The molecule has 1 aliphatic heterocycles. The van der Waals surface area contributed by atoms with E-state index in [1.807, 2.05) is 20.8 Å². The molecule has 5 rings (SSSR count). The molecule has 7 atom stereocenters. The zero-order valence-electron chi connectivity index (χ0n) is 26.0. The lowest BCUT2D eigenvalue weighted by Gasteiger charge is -2.41. The van der Waals surface area contributed by atoms with Crippen molar-refractivity contribution < 1.29 is 14.3 Å². The smallest absolute Gasteiger partial charge is 0.407 e. The average molecular weight is 572 g/mol. The van der Waals surface area contributed by atoms with Gasteiger partial charge in [0.25, 0.3) is 0 Å². The summed E-state index contributed by atoms with van der Waals surface area (Å²) in [6.07, 6.45) is 18.1. The molecule has 1 heterocycles. The quantitative estimate of drug-likeness (QED) is 0.230. The molecule has 5 aliphatic rings. The van der Waals surface area contributed by atoms with Crippen molar-refractivity contribution in [1.82, 2.24) is 15.5 Å². The summed E-state index contributed by atoms with van der Waals surface area (Å²) >= 11 is 0. The van der Waals surface area contributed by atoms with Crippen LogP contribution in [0.1, 0.15) is 124 Å². The van der Waals surface area contributed by atoms with Crippen LogP contribution in [0.4, 0.5) is 4.79 Å². The topological polar surface area (TPSA) is 121 Å². The number of nitrogens with two attached hydrogens (primary N) is 1. The van der Waals surface area contributed by atoms with Crippen LogP contribution in [0.25, 0.3) is 0 Å². The number of ether oxygens (including phenoxy) is 1. The Labute approximate surface area is 248 Å². The fourth-order valence-electron chi connectivity index (χ4n) is 9.12. The Morgan fingerprint density at radius 3 is 2.17 bits per heavy atom. The van der Waals surface area contributed by atoms with Gasteiger partial charge in [0.1, 0.15) is 5.60 Å². The number of amidine groups is 1. The number of hydrogen-bond donors (Lipinski definition) is 4. The van der Waals surface area contributed by atoms with Crippen LogP contribution in [0.3, 0.4) is 0 Å². The summed E-state index contributed by atoms with van der Waals surface area (Å²) in [5.74, 6) is 3.90. The first kappa shape index (κ1) is 30.6. The van der Waals surface area contributed by atoms with Crippen LogP contribution in [0, 0.1) is 35.0 Å². The third-order valence-corrected chi connectivity index (χ3v) is 11.3. The molecule has 232 valence electrons.